The van der Waals surface area contributed by atoms with E-state index in [4.69, 9.17) is 10.5 Å². The van der Waals surface area contributed by atoms with Gasteiger partial charge in [0.15, 0.2) is 0 Å². The Labute approximate surface area is 153 Å². The summed E-state index contributed by atoms with van der Waals surface area (Å²) < 4.78 is 35.1. The highest BCUT2D eigenvalue weighted by molar-refractivity contribution is 6.06. The molecule has 0 unspecified atom stereocenters. The molecule has 0 amide bonds. The van der Waals surface area contributed by atoms with Crippen LogP contribution in [0.5, 0.6) is 5.75 Å². The fraction of sp³-hybridized carbons (Fsp3) is 0.526. The minimum absolute atomic E-state index is 0.126. The molecule has 2 heterocycles. The highest BCUT2D eigenvalue weighted by Gasteiger charge is 2.42. The van der Waals surface area contributed by atoms with Crippen LogP contribution in [0, 0.1) is 0 Å². The number of nitrogens with zero attached hydrogens (tertiary/aromatic N) is 3. The minimum Gasteiger partial charge on any atom is -0.497 e. The summed E-state index contributed by atoms with van der Waals surface area (Å²) in [6.45, 7) is 2.17. The molecule has 0 aliphatic carbocycles. The van der Waals surface area contributed by atoms with Crippen LogP contribution in [0.4, 0.5) is 8.78 Å². The molecule has 142 valence electrons. The largest absolute Gasteiger partial charge is 0.497 e. The summed E-state index contributed by atoms with van der Waals surface area (Å²) in [5, 5.41) is 0. The normalized spacial score (nSPS) is 22.1. The van der Waals surface area contributed by atoms with Gasteiger partial charge in [-0.3, -0.25) is 9.89 Å². The van der Waals surface area contributed by atoms with E-state index in [9.17, 15) is 8.78 Å². The summed E-state index contributed by atoms with van der Waals surface area (Å²) in [6, 6.07) is 7.49. The Morgan fingerprint density at radius 3 is 2.65 bits per heavy atom. The number of methoxy groups -OCH3 is 1. The summed E-state index contributed by atoms with van der Waals surface area (Å²) in [7, 11) is 3.52. The first-order chi connectivity index (χ1) is 12.4. The number of rotatable bonds is 4. The molecule has 1 aromatic rings. The van der Waals surface area contributed by atoms with Gasteiger partial charge in [0.2, 0.25) is 0 Å². The lowest BCUT2D eigenvalue weighted by Crippen LogP contribution is -2.44. The van der Waals surface area contributed by atoms with Crippen LogP contribution < -0.4 is 10.5 Å². The van der Waals surface area contributed by atoms with E-state index < -0.39 is 5.92 Å². The summed E-state index contributed by atoms with van der Waals surface area (Å²) in [4.78, 5) is 8.00. The smallest absolute Gasteiger partial charge is 0.302 e. The van der Waals surface area contributed by atoms with Gasteiger partial charge >= 0.3 is 5.92 Å². The Morgan fingerprint density at radius 2 is 1.96 bits per heavy atom. The zero-order valence-electron chi connectivity index (χ0n) is 15.3. The zero-order chi connectivity index (χ0) is 18.7. The van der Waals surface area contributed by atoms with Crippen molar-refractivity contribution in [3.05, 3.63) is 41.1 Å². The second-order valence-electron chi connectivity index (χ2n) is 6.99. The predicted molar refractivity (Wildman–Crippen MR) is 98.8 cm³/mol. The van der Waals surface area contributed by atoms with Crippen molar-refractivity contribution in [2.24, 2.45) is 10.7 Å². The van der Waals surface area contributed by atoms with Gasteiger partial charge in [-0.05, 0) is 24.7 Å². The number of ether oxygens (including phenoxy) is 1. The van der Waals surface area contributed by atoms with E-state index in [1.807, 2.05) is 36.2 Å². The van der Waals surface area contributed by atoms with E-state index in [1.54, 1.807) is 12.0 Å². The van der Waals surface area contributed by atoms with Crippen LogP contribution in [0.15, 0.2) is 40.5 Å². The topological polar surface area (TPSA) is 54.1 Å². The van der Waals surface area contributed by atoms with Crippen molar-refractivity contribution in [1.82, 2.24) is 9.80 Å². The van der Waals surface area contributed by atoms with E-state index in [0.717, 1.165) is 17.9 Å². The van der Waals surface area contributed by atoms with Gasteiger partial charge in [-0.15, -0.1) is 0 Å². The first-order valence-electron chi connectivity index (χ1n) is 8.83. The third-order valence-corrected chi connectivity index (χ3v) is 4.88. The van der Waals surface area contributed by atoms with E-state index in [-0.39, 0.29) is 12.3 Å². The van der Waals surface area contributed by atoms with Gasteiger partial charge in [-0.25, -0.2) is 0 Å². The molecule has 0 bridgehead atoms. The van der Waals surface area contributed by atoms with Gasteiger partial charge in [0, 0.05) is 43.9 Å². The molecule has 0 saturated carbocycles. The van der Waals surface area contributed by atoms with Crippen molar-refractivity contribution < 1.29 is 13.5 Å². The average Bonchev–Trinajstić information content (AvgIpc) is 2.75. The number of benzene rings is 1. The van der Waals surface area contributed by atoms with Crippen molar-refractivity contribution in [2.45, 2.75) is 18.9 Å². The molecule has 7 heteroatoms. The molecule has 2 aliphatic rings. The lowest BCUT2D eigenvalue weighted by atomic mass is 9.97. The molecule has 0 aromatic heterocycles. The van der Waals surface area contributed by atoms with Gasteiger partial charge < -0.3 is 15.4 Å². The molecule has 0 fully saturated rings. The first kappa shape index (κ1) is 18.8. The monoisotopic (exact) mass is 364 g/mol. The second-order valence-corrected chi connectivity index (χ2v) is 6.99. The molecule has 0 atom stereocenters. The highest BCUT2D eigenvalue weighted by atomic mass is 19.3. The Morgan fingerprint density at radius 1 is 1.23 bits per heavy atom. The summed E-state index contributed by atoms with van der Waals surface area (Å²) >= 11 is 0. The van der Waals surface area contributed by atoms with Crippen molar-refractivity contribution in [1.29, 1.82) is 0 Å². The number of halogens is 2. The molecule has 0 saturated heterocycles. The predicted octanol–water partition coefficient (Wildman–Crippen LogP) is 2.14. The van der Waals surface area contributed by atoms with E-state index in [2.05, 4.69) is 4.99 Å². The number of alkyl halides is 2. The van der Waals surface area contributed by atoms with Gasteiger partial charge in [0.05, 0.1) is 20.2 Å². The quantitative estimate of drug-likeness (QED) is 0.889. The van der Waals surface area contributed by atoms with Crippen LogP contribution in [0.2, 0.25) is 0 Å². The fourth-order valence-corrected chi connectivity index (χ4v) is 3.43. The van der Waals surface area contributed by atoms with E-state index in [0.29, 0.717) is 43.9 Å². The molecule has 0 spiro atoms. The average molecular weight is 364 g/mol. The van der Waals surface area contributed by atoms with Crippen molar-refractivity contribution in [3.63, 3.8) is 0 Å². The Balaban J connectivity index is 1.74. The second kappa shape index (κ2) is 7.72. The Bertz CT molecular complexity index is 700. The minimum atomic E-state index is -3.01. The number of nitrogens with two attached hydrogens (primary N) is 1. The van der Waals surface area contributed by atoms with Crippen molar-refractivity contribution in [2.75, 3.05) is 46.9 Å². The fourth-order valence-electron chi connectivity index (χ4n) is 3.43. The van der Waals surface area contributed by atoms with Crippen LogP contribution in [-0.4, -0.2) is 68.3 Å². The van der Waals surface area contributed by atoms with Crippen LogP contribution in [0.3, 0.4) is 0 Å². The van der Waals surface area contributed by atoms with Gasteiger partial charge in [-0.2, -0.15) is 8.78 Å². The number of aliphatic imine (C=N–C) groups is 1. The number of likely N-dealkylation sites (N-methyl/N-ethyl adjacent to an activating group) is 1. The molecule has 2 aliphatic heterocycles. The summed E-state index contributed by atoms with van der Waals surface area (Å²) in [6.07, 6.45) is 0.608. The summed E-state index contributed by atoms with van der Waals surface area (Å²) in [5.41, 5.74) is 7.95. The SMILES string of the molecule is COc1ccc(CN2CCN=C(C3=C(N)CCN(C)C3)C(F)(F)C2)cc1. The molecular formula is C19H26F2N4O. The third-order valence-electron chi connectivity index (χ3n) is 4.88. The molecular weight excluding hydrogens is 338 g/mol. The van der Waals surface area contributed by atoms with Crippen LogP contribution >= 0.6 is 0 Å². The number of hydrogen-bond acceptors (Lipinski definition) is 5. The molecule has 1 aromatic carbocycles. The maximum atomic E-state index is 15.0. The standard InChI is InChI=1S/C19H26F2N4O/c1-24-9-7-17(22)16(12-24)18-19(20,21)13-25(10-8-23-18)11-14-3-5-15(26-2)6-4-14/h3-6H,7-13,22H2,1-2H3. The molecule has 3 rings (SSSR count). The molecule has 26 heavy (non-hydrogen) atoms. The third kappa shape index (κ3) is 4.22. The Kier molecular flexibility index (Phi) is 5.58. The van der Waals surface area contributed by atoms with Crippen LogP contribution in [0.25, 0.3) is 0 Å². The lowest BCUT2D eigenvalue weighted by molar-refractivity contribution is 0.0349. The van der Waals surface area contributed by atoms with E-state index >= 15 is 0 Å². The highest BCUT2D eigenvalue weighted by Crippen LogP contribution is 2.28. The molecule has 2 N–H and O–H groups in total. The van der Waals surface area contributed by atoms with E-state index in [1.165, 1.54) is 0 Å². The van der Waals surface area contributed by atoms with Crippen molar-refractivity contribution >= 4 is 5.71 Å². The Hall–Kier alpha value is -1.99. The molecule has 0 radical (unpaired) electrons. The van der Waals surface area contributed by atoms with Gasteiger partial charge in [0.1, 0.15) is 11.5 Å². The number of hydrogen-bond donors (Lipinski definition) is 1. The summed E-state index contributed by atoms with van der Waals surface area (Å²) in [5.74, 6) is -2.26. The van der Waals surface area contributed by atoms with Gasteiger partial charge in [-0.1, -0.05) is 12.1 Å². The van der Waals surface area contributed by atoms with Crippen LogP contribution in [0.1, 0.15) is 12.0 Å². The lowest BCUT2D eigenvalue weighted by Gasteiger charge is -2.30. The first-order valence-corrected chi connectivity index (χ1v) is 8.83. The van der Waals surface area contributed by atoms with Crippen LogP contribution in [-0.2, 0) is 6.54 Å². The van der Waals surface area contributed by atoms with Crippen molar-refractivity contribution in [3.8, 4) is 5.75 Å². The molecule has 5 nitrogen and oxygen atoms in total. The zero-order valence-corrected chi connectivity index (χ0v) is 15.3. The van der Waals surface area contributed by atoms with Gasteiger partial charge in [0.25, 0.3) is 0 Å². The maximum absolute atomic E-state index is 15.0. The maximum Gasteiger partial charge on any atom is 0.302 e.